The van der Waals surface area contributed by atoms with Crippen LogP contribution in [0.15, 0.2) is 77.7 Å². The lowest BCUT2D eigenvalue weighted by Gasteiger charge is -2.13. The fourth-order valence-electron chi connectivity index (χ4n) is 2.83. The van der Waals surface area contributed by atoms with E-state index in [0.717, 1.165) is 5.56 Å². The number of para-hydroxylation sites is 1. The Balaban J connectivity index is 1.83. The summed E-state index contributed by atoms with van der Waals surface area (Å²) in [5.74, 6) is -1.02. The van der Waals surface area contributed by atoms with Crippen LogP contribution in [0.5, 0.6) is 0 Å². The molecular formula is C23H22N2O5S. The van der Waals surface area contributed by atoms with Gasteiger partial charge in [-0.1, -0.05) is 35.9 Å². The quantitative estimate of drug-likeness (QED) is 0.538. The number of amides is 1. The Morgan fingerprint density at radius 2 is 1.65 bits per heavy atom. The predicted octanol–water partition coefficient (Wildman–Crippen LogP) is 4.22. The second-order valence-electron chi connectivity index (χ2n) is 6.72. The molecule has 3 aromatic carbocycles. The summed E-state index contributed by atoms with van der Waals surface area (Å²) in [5, 5.41) is 2.69. The standard InChI is InChI=1S/C23H22N2O5S/c1-3-30-23(27)17-7-6-8-18(15-17)24-22(26)20-9-4-5-10-21(20)25-31(28,29)19-13-11-16(2)12-14-19/h4-15,25H,3H2,1-2H3,(H,24,26). The van der Waals surface area contributed by atoms with Gasteiger partial charge in [-0.25, -0.2) is 13.2 Å². The van der Waals surface area contributed by atoms with Crippen LogP contribution in [0.3, 0.4) is 0 Å². The molecular weight excluding hydrogens is 416 g/mol. The molecule has 0 spiro atoms. The van der Waals surface area contributed by atoms with Gasteiger partial charge in [0.2, 0.25) is 0 Å². The maximum Gasteiger partial charge on any atom is 0.338 e. The van der Waals surface area contributed by atoms with E-state index in [4.69, 9.17) is 4.74 Å². The lowest BCUT2D eigenvalue weighted by Crippen LogP contribution is -2.18. The van der Waals surface area contributed by atoms with Crippen LogP contribution in [0.4, 0.5) is 11.4 Å². The van der Waals surface area contributed by atoms with Crippen LogP contribution in [0.25, 0.3) is 0 Å². The Bertz CT molecular complexity index is 1200. The van der Waals surface area contributed by atoms with Gasteiger partial charge in [-0.3, -0.25) is 9.52 Å². The number of aryl methyl sites for hydroxylation is 1. The van der Waals surface area contributed by atoms with E-state index >= 15 is 0 Å². The third-order valence-corrected chi connectivity index (χ3v) is 5.76. The van der Waals surface area contributed by atoms with Crippen molar-refractivity contribution in [2.45, 2.75) is 18.7 Å². The fourth-order valence-corrected chi connectivity index (χ4v) is 3.91. The molecule has 0 saturated carbocycles. The molecule has 0 radical (unpaired) electrons. The zero-order valence-electron chi connectivity index (χ0n) is 17.1. The normalized spacial score (nSPS) is 10.9. The van der Waals surface area contributed by atoms with Crippen molar-refractivity contribution < 1.29 is 22.7 Å². The first-order valence-corrected chi connectivity index (χ1v) is 11.1. The van der Waals surface area contributed by atoms with Gasteiger partial charge >= 0.3 is 5.97 Å². The molecule has 3 rings (SSSR count). The minimum atomic E-state index is -3.87. The van der Waals surface area contributed by atoms with Gasteiger partial charge in [0.25, 0.3) is 15.9 Å². The van der Waals surface area contributed by atoms with Crippen molar-refractivity contribution in [3.05, 3.63) is 89.5 Å². The van der Waals surface area contributed by atoms with Gasteiger partial charge in [0, 0.05) is 5.69 Å². The monoisotopic (exact) mass is 438 g/mol. The largest absolute Gasteiger partial charge is 0.462 e. The number of hydrogen-bond donors (Lipinski definition) is 2. The number of rotatable bonds is 7. The lowest BCUT2D eigenvalue weighted by atomic mass is 10.1. The minimum Gasteiger partial charge on any atom is -0.462 e. The highest BCUT2D eigenvalue weighted by atomic mass is 32.2. The van der Waals surface area contributed by atoms with Gasteiger partial charge in [-0.05, 0) is 56.3 Å². The van der Waals surface area contributed by atoms with Gasteiger partial charge in [0.1, 0.15) is 0 Å². The third kappa shape index (κ3) is 5.49. The molecule has 1 amide bonds. The van der Waals surface area contributed by atoms with Crippen LogP contribution in [0.2, 0.25) is 0 Å². The maximum atomic E-state index is 12.8. The van der Waals surface area contributed by atoms with Crippen LogP contribution in [-0.2, 0) is 14.8 Å². The van der Waals surface area contributed by atoms with E-state index in [-0.39, 0.29) is 22.8 Å². The topological polar surface area (TPSA) is 102 Å². The van der Waals surface area contributed by atoms with Gasteiger partial charge in [-0.2, -0.15) is 0 Å². The van der Waals surface area contributed by atoms with Crippen molar-refractivity contribution in [3.63, 3.8) is 0 Å². The van der Waals surface area contributed by atoms with Crippen LogP contribution >= 0.6 is 0 Å². The SMILES string of the molecule is CCOC(=O)c1cccc(NC(=O)c2ccccc2NS(=O)(=O)c2ccc(C)cc2)c1. The van der Waals surface area contributed by atoms with Gasteiger partial charge in [-0.15, -0.1) is 0 Å². The number of nitrogens with one attached hydrogen (secondary N) is 2. The molecule has 2 N–H and O–H groups in total. The van der Waals surface area contributed by atoms with Crippen molar-refractivity contribution in [1.82, 2.24) is 0 Å². The summed E-state index contributed by atoms with van der Waals surface area (Å²) in [7, 11) is -3.87. The summed E-state index contributed by atoms with van der Waals surface area (Å²) in [6, 6.07) is 19.0. The van der Waals surface area contributed by atoms with Crippen molar-refractivity contribution in [2.24, 2.45) is 0 Å². The molecule has 0 aromatic heterocycles. The summed E-state index contributed by atoms with van der Waals surface area (Å²) in [4.78, 5) is 24.8. The minimum absolute atomic E-state index is 0.0930. The zero-order valence-corrected chi connectivity index (χ0v) is 17.9. The molecule has 0 atom stereocenters. The molecule has 0 aliphatic rings. The Labute approximate surface area is 181 Å². The summed E-state index contributed by atoms with van der Waals surface area (Å²) in [6.07, 6.45) is 0. The molecule has 0 fully saturated rings. The number of carbonyl (C=O) groups excluding carboxylic acids is 2. The first-order chi connectivity index (χ1) is 14.8. The molecule has 0 saturated heterocycles. The first-order valence-electron chi connectivity index (χ1n) is 9.57. The van der Waals surface area contributed by atoms with Crippen LogP contribution in [0.1, 0.15) is 33.2 Å². The van der Waals surface area contributed by atoms with Crippen LogP contribution in [0, 0.1) is 6.92 Å². The van der Waals surface area contributed by atoms with Crippen molar-refractivity contribution in [2.75, 3.05) is 16.6 Å². The number of esters is 1. The number of carbonyl (C=O) groups is 2. The molecule has 31 heavy (non-hydrogen) atoms. The van der Waals surface area contributed by atoms with E-state index in [0.29, 0.717) is 11.3 Å². The Hall–Kier alpha value is -3.65. The van der Waals surface area contributed by atoms with Crippen molar-refractivity contribution >= 4 is 33.3 Å². The summed E-state index contributed by atoms with van der Waals surface area (Å²) < 4.78 is 32.9. The smallest absolute Gasteiger partial charge is 0.338 e. The van der Waals surface area contributed by atoms with Crippen LogP contribution in [-0.4, -0.2) is 26.9 Å². The highest BCUT2D eigenvalue weighted by Gasteiger charge is 2.19. The van der Waals surface area contributed by atoms with Crippen LogP contribution < -0.4 is 10.0 Å². The van der Waals surface area contributed by atoms with Gasteiger partial charge in [0.05, 0.1) is 28.3 Å². The number of ether oxygens (including phenoxy) is 1. The molecule has 0 unspecified atom stereocenters. The lowest BCUT2D eigenvalue weighted by molar-refractivity contribution is 0.0526. The van der Waals surface area contributed by atoms with E-state index in [1.54, 1.807) is 49.4 Å². The molecule has 0 heterocycles. The van der Waals surface area contributed by atoms with E-state index in [2.05, 4.69) is 10.0 Å². The van der Waals surface area contributed by atoms with E-state index < -0.39 is 21.9 Å². The number of sulfonamides is 1. The second kappa shape index (κ2) is 9.44. The summed E-state index contributed by atoms with van der Waals surface area (Å²) in [6.45, 7) is 3.81. The van der Waals surface area contributed by atoms with E-state index in [1.165, 1.54) is 30.3 Å². The average molecular weight is 439 g/mol. The fraction of sp³-hybridized carbons (Fsp3) is 0.130. The average Bonchev–Trinajstić information content (AvgIpc) is 2.74. The molecule has 160 valence electrons. The van der Waals surface area contributed by atoms with E-state index in [9.17, 15) is 18.0 Å². The Morgan fingerprint density at radius 1 is 0.935 bits per heavy atom. The Kier molecular flexibility index (Phi) is 6.71. The number of benzene rings is 3. The maximum absolute atomic E-state index is 12.8. The highest BCUT2D eigenvalue weighted by molar-refractivity contribution is 7.92. The molecule has 0 aliphatic heterocycles. The molecule has 0 bridgehead atoms. The molecule has 0 aliphatic carbocycles. The highest BCUT2D eigenvalue weighted by Crippen LogP contribution is 2.22. The first kappa shape index (κ1) is 22.0. The number of anilines is 2. The molecule has 8 heteroatoms. The molecule has 3 aromatic rings. The molecule has 7 nitrogen and oxygen atoms in total. The summed E-state index contributed by atoms with van der Waals surface area (Å²) in [5.41, 5.74) is 1.89. The second-order valence-corrected chi connectivity index (χ2v) is 8.40. The zero-order chi connectivity index (χ0) is 22.4. The predicted molar refractivity (Wildman–Crippen MR) is 119 cm³/mol. The summed E-state index contributed by atoms with van der Waals surface area (Å²) >= 11 is 0. The Morgan fingerprint density at radius 3 is 2.35 bits per heavy atom. The van der Waals surface area contributed by atoms with Crippen molar-refractivity contribution in [1.29, 1.82) is 0 Å². The van der Waals surface area contributed by atoms with Gasteiger partial charge < -0.3 is 10.1 Å². The van der Waals surface area contributed by atoms with Gasteiger partial charge in [0.15, 0.2) is 0 Å². The number of hydrogen-bond acceptors (Lipinski definition) is 5. The van der Waals surface area contributed by atoms with Crippen molar-refractivity contribution in [3.8, 4) is 0 Å². The third-order valence-electron chi connectivity index (χ3n) is 4.38. The van der Waals surface area contributed by atoms with E-state index in [1.807, 2.05) is 6.92 Å².